The van der Waals surface area contributed by atoms with Crippen LogP contribution in [0.15, 0.2) is 51.7 Å². The predicted molar refractivity (Wildman–Crippen MR) is 112 cm³/mol. The molecule has 152 valence electrons. The molecule has 1 spiro atoms. The van der Waals surface area contributed by atoms with Crippen LogP contribution in [0.25, 0.3) is 11.0 Å². The predicted octanol–water partition coefficient (Wildman–Crippen LogP) is 3.39. The minimum atomic E-state index is -0.910. The van der Waals surface area contributed by atoms with E-state index in [4.69, 9.17) is 4.42 Å². The quantitative estimate of drug-likeness (QED) is 0.526. The second kappa shape index (κ2) is 6.55. The van der Waals surface area contributed by atoms with Gasteiger partial charge in [-0.15, -0.1) is 0 Å². The second-order valence-corrected chi connectivity index (χ2v) is 8.37. The van der Waals surface area contributed by atoms with Gasteiger partial charge in [0.1, 0.15) is 11.1 Å². The minimum Gasteiger partial charge on any atom is -0.423 e. The van der Waals surface area contributed by atoms with Gasteiger partial charge in [-0.2, -0.15) is 0 Å². The lowest BCUT2D eigenvalue weighted by atomic mass is 9.78. The number of imide groups is 1. The number of hydrogen-bond donors (Lipinski definition) is 1. The van der Waals surface area contributed by atoms with Gasteiger partial charge in [-0.05, 0) is 66.6 Å². The molecule has 3 amide bonds. The summed E-state index contributed by atoms with van der Waals surface area (Å²) in [6.45, 7) is 3.97. The van der Waals surface area contributed by atoms with Gasteiger partial charge in [0.25, 0.3) is 5.91 Å². The SMILES string of the molecule is Cc1cc2oc(=O)cc(CN3C(=O)NC4(CCc5ccccc5C4)C3=O)c2cc1C. The number of nitrogens with zero attached hydrogens (tertiary/aromatic N) is 1. The maximum atomic E-state index is 13.4. The summed E-state index contributed by atoms with van der Waals surface area (Å²) in [7, 11) is 0. The number of urea groups is 1. The van der Waals surface area contributed by atoms with Gasteiger partial charge >= 0.3 is 11.7 Å². The molecule has 2 aliphatic rings. The highest BCUT2D eigenvalue weighted by molar-refractivity contribution is 6.07. The van der Waals surface area contributed by atoms with Gasteiger partial charge in [-0.25, -0.2) is 9.59 Å². The topological polar surface area (TPSA) is 79.6 Å². The van der Waals surface area contributed by atoms with Crippen LogP contribution in [0.2, 0.25) is 0 Å². The van der Waals surface area contributed by atoms with Crippen molar-refractivity contribution in [1.29, 1.82) is 0 Å². The Kier molecular flexibility index (Phi) is 4.07. The summed E-state index contributed by atoms with van der Waals surface area (Å²) in [6.07, 6.45) is 1.80. The zero-order valence-electron chi connectivity index (χ0n) is 17.0. The molecule has 2 heterocycles. The molecule has 3 aromatic rings. The molecule has 0 radical (unpaired) electrons. The number of carbonyl (C=O) groups excluding carboxylic acids is 2. The smallest absolute Gasteiger partial charge is 0.336 e. The highest BCUT2D eigenvalue weighted by Gasteiger charge is 2.52. The van der Waals surface area contributed by atoms with Crippen molar-refractivity contribution in [3.63, 3.8) is 0 Å². The van der Waals surface area contributed by atoms with Crippen molar-refractivity contribution >= 4 is 22.9 Å². The highest BCUT2D eigenvalue weighted by Crippen LogP contribution is 2.34. The number of benzene rings is 2. The molecule has 1 atom stereocenters. The van der Waals surface area contributed by atoms with Gasteiger partial charge < -0.3 is 9.73 Å². The molecule has 1 aliphatic carbocycles. The first-order valence-electron chi connectivity index (χ1n) is 10.1. The van der Waals surface area contributed by atoms with Gasteiger partial charge in [0.15, 0.2) is 0 Å². The summed E-state index contributed by atoms with van der Waals surface area (Å²) < 4.78 is 5.35. The Labute approximate surface area is 173 Å². The number of aryl methyl sites for hydroxylation is 3. The van der Waals surface area contributed by atoms with Crippen molar-refractivity contribution in [2.75, 3.05) is 0 Å². The Morgan fingerprint density at radius 1 is 1.03 bits per heavy atom. The van der Waals surface area contributed by atoms with E-state index in [0.717, 1.165) is 28.5 Å². The molecule has 1 unspecified atom stereocenters. The Bertz CT molecular complexity index is 1280. The summed E-state index contributed by atoms with van der Waals surface area (Å²) in [5.41, 5.74) is 4.06. The molecule has 0 bridgehead atoms. The monoisotopic (exact) mass is 402 g/mol. The number of amides is 3. The minimum absolute atomic E-state index is 0.0403. The molecule has 1 aliphatic heterocycles. The molecule has 30 heavy (non-hydrogen) atoms. The van der Waals surface area contributed by atoms with E-state index in [9.17, 15) is 14.4 Å². The lowest BCUT2D eigenvalue weighted by molar-refractivity contribution is -0.132. The van der Waals surface area contributed by atoms with Gasteiger partial charge in [0.2, 0.25) is 0 Å². The normalized spacial score (nSPS) is 20.7. The van der Waals surface area contributed by atoms with Crippen molar-refractivity contribution in [2.24, 2.45) is 0 Å². The van der Waals surface area contributed by atoms with E-state index in [1.54, 1.807) is 0 Å². The van der Waals surface area contributed by atoms with E-state index in [1.807, 2.05) is 44.2 Å². The fraction of sp³-hybridized carbons (Fsp3) is 0.292. The average molecular weight is 402 g/mol. The largest absolute Gasteiger partial charge is 0.423 e. The first kappa shape index (κ1) is 18.6. The van der Waals surface area contributed by atoms with Crippen LogP contribution in [0.1, 0.15) is 34.2 Å². The van der Waals surface area contributed by atoms with Gasteiger partial charge in [0, 0.05) is 17.9 Å². The van der Waals surface area contributed by atoms with Gasteiger partial charge in [-0.3, -0.25) is 9.69 Å². The lowest BCUT2D eigenvalue weighted by Gasteiger charge is -2.32. The third-order valence-corrected chi connectivity index (χ3v) is 6.45. The number of carbonyl (C=O) groups is 2. The Balaban J connectivity index is 1.51. The van der Waals surface area contributed by atoms with Crippen LogP contribution in [0.4, 0.5) is 4.79 Å². The maximum absolute atomic E-state index is 13.4. The van der Waals surface area contributed by atoms with Crippen molar-refractivity contribution in [3.8, 4) is 0 Å². The fourth-order valence-corrected chi connectivity index (χ4v) is 4.63. The van der Waals surface area contributed by atoms with E-state index >= 15 is 0 Å². The van der Waals surface area contributed by atoms with Gasteiger partial charge in [-0.1, -0.05) is 24.3 Å². The Morgan fingerprint density at radius 3 is 2.57 bits per heavy atom. The van der Waals surface area contributed by atoms with E-state index in [2.05, 4.69) is 11.4 Å². The van der Waals surface area contributed by atoms with Crippen molar-refractivity contribution in [3.05, 3.63) is 80.7 Å². The molecule has 2 aromatic carbocycles. The zero-order chi connectivity index (χ0) is 21.0. The van der Waals surface area contributed by atoms with E-state index in [0.29, 0.717) is 24.0 Å². The lowest BCUT2D eigenvalue weighted by Crippen LogP contribution is -2.51. The standard InChI is InChI=1S/C24H22N2O4/c1-14-9-19-18(11-21(27)30-20(19)10-15(14)2)13-26-22(28)24(25-23(26)29)8-7-16-5-3-4-6-17(16)12-24/h3-6,9-11H,7-8,12-13H2,1-2H3,(H,25,29). The molecule has 1 aromatic heterocycles. The molecule has 1 fully saturated rings. The van der Waals surface area contributed by atoms with E-state index < -0.39 is 17.2 Å². The molecular formula is C24H22N2O4. The number of hydrogen-bond acceptors (Lipinski definition) is 4. The van der Waals surface area contributed by atoms with Crippen molar-refractivity contribution in [2.45, 2.75) is 45.2 Å². The number of fused-ring (bicyclic) bond motifs is 2. The molecule has 0 saturated carbocycles. The summed E-state index contributed by atoms with van der Waals surface area (Å²) in [4.78, 5) is 39.5. The van der Waals surface area contributed by atoms with Gasteiger partial charge in [0.05, 0.1) is 6.54 Å². The first-order chi connectivity index (χ1) is 14.4. The van der Waals surface area contributed by atoms with Crippen LogP contribution in [-0.2, 0) is 24.2 Å². The number of nitrogens with one attached hydrogen (secondary N) is 1. The van der Waals surface area contributed by atoms with Crippen LogP contribution in [0.3, 0.4) is 0 Å². The van der Waals surface area contributed by atoms with Crippen LogP contribution in [-0.4, -0.2) is 22.4 Å². The van der Waals surface area contributed by atoms with E-state index in [1.165, 1.54) is 16.5 Å². The first-order valence-corrected chi connectivity index (χ1v) is 10.1. The third-order valence-electron chi connectivity index (χ3n) is 6.45. The molecule has 6 nitrogen and oxygen atoms in total. The third kappa shape index (κ3) is 2.83. The zero-order valence-corrected chi connectivity index (χ0v) is 17.0. The van der Waals surface area contributed by atoms with Crippen LogP contribution >= 0.6 is 0 Å². The summed E-state index contributed by atoms with van der Waals surface area (Å²) in [5.74, 6) is -0.229. The van der Waals surface area contributed by atoms with Crippen LogP contribution in [0, 0.1) is 13.8 Å². The summed E-state index contributed by atoms with van der Waals surface area (Å²) >= 11 is 0. The van der Waals surface area contributed by atoms with E-state index in [-0.39, 0.29) is 12.5 Å². The van der Waals surface area contributed by atoms with Crippen LogP contribution < -0.4 is 10.9 Å². The van der Waals surface area contributed by atoms with Crippen molar-refractivity contribution < 1.29 is 14.0 Å². The Hall–Kier alpha value is -3.41. The maximum Gasteiger partial charge on any atom is 0.336 e. The van der Waals surface area contributed by atoms with Crippen molar-refractivity contribution in [1.82, 2.24) is 10.2 Å². The molecule has 1 saturated heterocycles. The highest BCUT2D eigenvalue weighted by atomic mass is 16.4. The molecule has 5 rings (SSSR count). The molecular weight excluding hydrogens is 380 g/mol. The molecule has 6 heteroatoms. The molecule has 1 N–H and O–H groups in total. The Morgan fingerprint density at radius 2 is 1.77 bits per heavy atom. The number of rotatable bonds is 2. The summed E-state index contributed by atoms with van der Waals surface area (Å²) in [6, 6.07) is 12.8. The second-order valence-electron chi connectivity index (χ2n) is 8.37. The van der Waals surface area contributed by atoms with Crippen LogP contribution in [0.5, 0.6) is 0 Å². The average Bonchev–Trinajstić information content (AvgIpc) is 2.93. The summed E-state index contributed by atoms with van der Waals surface area (Å²) in [5, 5.41) is 3.69. The fourth-order valence-electron chi connectivity index (χ4n) is 4.63.